The van der Waals surface area contributed by atoms with Crippen LogP contribution in [0.4, 0.5) is 0 Å². The van der Waals surface area contributed by atoms with E-state index in [2.05, 4.69) is 5.10 Å². The summed E-state index contributed by atoms with van der Waals surface area (Å²) in [7, 11) is 1.59. The third kappa shape index (κ3) is 2.11. The van der Waals surface area contributed by atoms with Crippen LogP contribution in [0.2, 0.25) is 0 Å². The van der Waals surface area contributed by atoms with E-state index in [0.717, 1.165) is 11.3 Å². The highest BCUT2D eigenvalue weighted by Gasteiger charge is 2.02. The van der Waals surface area contributed by atoms with Crippen LogP contribution in [0.25, 0.3) is 0 Å². The molecule has 2 rings (SSSR count). The van der Waals surface area contributed by atoms with E-state index in [9.17, 15) is 4.79 Å². The molecule has 0 bridgehead atoms. The molecule has 0 amide bonds. The van der Waals surface area contributed by atoms with Gasteiger partial charge in [-0.15, -0.1) is 5.10 Å². The number of aryl methyl sites for hydroxylation is 2. The van der Waals surface area contributed by atoms with E-state index in [1.165, 1.54) is 10.7 Å². The topological polar surface area (TPSA) is 44.1 Å². The summed E-state index contributed by atoms with van der Waals surface area (Å²) in [5, 5.41) is 3.99. The summed E-state index contributed by atoms with van der Waals surface area (Å²) in [6, 6.07) is 10.6. The highest BCUT2D eigenvalue weighted by Crippen LogP contribution is 2.21. The minimum atomic E-state index is -0.155. The van der Waals surface area contributed by atoms with E-state index in [1.54, 1.807) is 13.1 Å². The quantitative estimate of drug-likeness (QED) is 0.769. The van der Waals surface area contributed by atoms with Gasteiger partial charge in [-0.25, -0.2) is 4.68 Å². The molecular formula is C12H12N2O2. The van der Waals surface area contributed by atoms with Crippen LogP contribution in [0.3, 0.4) is 0 Å². The average Bonchev–Trinajstić information content (AvgIpc) is 2.27. The normalized spacial score (nSPS) is 10.1. The summed E-state index contributed by atoms with van der Waals surface area (Å²) >= 11 is 0. The first-order valence-corrected chi connectivity index (χ1v) is 4.94. The number of benzene rings is 1. The van der Waals surface area contributed by atoms with Crippen LogP contribution in [-0.4, -0.2) is 9.78 Å². The maximum atomic E-state index is 11.1. The van der Waals surface area contributed by atoms with Crippen molar-refractivity contribution in [3.8, 4) is 11.6 Å². The predicted octanol–water partition coefficient (Wildman–Crippen LogP) is 1.88. The highest BCUT2D eigenvalue weighted by molar-refractivity contribution is 5.34. The molecule has 0 fully saturated rings. The fourth-order valence-electron chi connectivity index (χ4n) is 1.32. The summed E-state index contributed by atoms with van der Waals surface area (Å²) in [6.45, 7) is 1.96. The average molecular weight is 216 g/mol. The van der Waals surface area contributed by atoms with Gasteiger partial charge in [-0.2, -0.15) is 0 Å². The molecule has 0 saturated carbocycles. The summed E-state index contributed by atoms with van der Waals surface area (Å²) < 4.78 is 6.82. The first-order chi connectivity index (χ1) is 7.66. The fraction of sp³-hybridized carbons (Fsp3) is 0.167. The van der Waals surface area contributed by atoms with Crippen LogP contribution < -0.4 is 10.3 Å². The minimum Gasteiger partial charge on any atom is -0.437 e. The van der Waals surface area contributed by atoms with E-state index in [1.807, 2.05) is 31.2 Å². The van der Waals surface area contributed by atoms with Crippen molar-refractivity contribution in [1.29, 1.82) is 0 Å². The van der Waals surface area contributed by atoms with Gasteiger partial charge in [0.25, 0.3) is 5.56 Å². The molecule has 1 aromatic carbocycles. The van der Waals surface area contributed by atoms with Gasteiger partial charge in [0.1, 0.15) is 5.75 Å². The third-order valence-electron chi connectivity index (χ3n) is 2.24. The third-order valence-corrected chi connectivity index (χ3v) is 2.24. The van der Waals surface area contributed by atoms with Crippen molar-refractivity contribution in [3.05, 3.63) is 52.3 Å². The first kappa shape index (κ1) is 10.4. The van der Waals surface area contributed by atoms with Crippen molar-refractivity contribution in [1.82, 2.24) is 9.78 Å². The Morgan fingerprint density at radius 3 is 2.62 bits per heavy atom. The van der Waals surface area contributed by atoms with Gasteiger partial charge >= 0.3 is 0 Å². The number of aromatic nitrogens is 2. The smallest absolute Gasteiger partial charge is 0.266 e. The summed E-state index contributed by atoms with van der Waals surface area (Å²) in [4.78, 5) is 11.1. The van der Waals surface area contributed by atoms with Crippen molar-refractivity contribution in [3.63, 3.8) is 0 Å². The molecule has 0 radical (unpaired) electrons. The molecule has 1 heterocycles. The number of hydrogen-bond donors (Lipinski definition) is 0. The van der Waals surface area contributed by atoms with Crippen LogP contribution in [-0.2, 0) is 7.05 Å². The van der Waals surface area contributed by atoms with Gasteiger partial charge in [0.15, 0.2) is 0 Å². The Balaban J connectivity index is 2.31. The van der Waals surface area contributed by atoms with Gasteiger partial charge in [0.05, 0.1) is 0 Å². The molecule has 1 aromatic heterocycles. The highest BCUT2D eigenvalue weighted by atomic mass is 16.5. The van der Waals surface area contributed by atoms with E-state index in [4.69, 9.17) is 4.74 Å². The van der Waals surface area contributed by atoms with Gasteiger partial charge in [-0.3, -0.25) is 4.79 Å². The molecule has 0 unspecified atom stereocenters. The SMILES string of the molecule is Cc1ccccc1Oc1ccc(=O)n(C)n1. The van der Waals surface area contributed by atoms with E-state index in [0.29, 0.717) is 5.88 Å². The second kappa shape index (κ2) is 4.18. The Kier molecular flexibility index (Phi) is 2.72. The summed E-state index contributed by atoms with van der Waals surface area (Å²) in [6.07, 6.45) is 0. The van der Waals surface area contributed by atoms with Crippen molar-refractivity contribution >= 4 is 0 Å². The number of rotatable bonds is 2. The van der Waals surface area contributed by atoms with Gasteiger partial charge in [0.2, 0.25) is 5.88 Å². The second-order valence-electron chi connectivity index (χ2n) is 3.50. The monoisotopic (exact) mass is 216 g/mol. The largest absolute Gasteiger partial charge is 0.437 e. The lowest BCUT2D eigenvalue weighted by molar-refractivity contribution is 0.437. The zero-order valence-electron chi connectivity index (χ0n) is 9.18. The number of ether oxygens (including phenoxy) is 1. The Morgan fingerprint density at radius 2 is 1.94 bits per heavy atom. The van der Waals surface area contributed by atoms with Crippen molar-refractivity contribution < 1.29 is 4.74 Å². The van der Waals surface area contributed by atoms with Crippen LogP contribution >= 0.6 is 0 Å². The first-order valence-electron chi connectivity index (χ1n) is 4.94. The zero-order chi connectivity index (χ0) is 11.5. The maximum absolute atomic E-state index is 11.1. The number of para-hydroxylation sites is 1. The Hall–Kier alpha value is -2.10. The molecule has 0 N–H and O–H groups in total. The molecule has 0 spiro atoms. The van der Waals surface area contributed by atoms with Gasteiger partial charge in [-0.05, 0) is 18.6 Å². The molecule has 0 aliphatic carbocycles. The lowest BCUT2D eigenvalue weighted by Crippen LogP contribution is -2.17. The molecule has 0 aliphatic heterocycles. The van der Waals surface area contributed by atoms with Crippen molar-refractivity contribution in [2.45, 2.75) is 6.92 Å². The lowest BCUT2D eigenvalue weighted by Gasteiger charge is -2.07. The summed E-state index contributed by atoms with van der Waals surface area (Å²) in [5.74, 6) is 1.16. The molecule has 2 aromatic rings. The van der Waals surface area contributed by atoms with Crippen LogP contribution in [0.15, 0.2) is 41.2 Å². The Bertz CT molecular complexity index is 561. The summed E-state index contributed by atoms with van der Waals surface area (Å²) in [5.41, 5.74) is 0.871. The molecule has 4 nitrogen and oxygen atoms in total. The van der Waals surface area contributed by atoms with E-state index < -0.39 is 0 Å². The number of nitrogens with zero attached hydrogens (tertiary/aromatic N) is 2. The molecule has 0 atom stereocenters. The molecule has 16 heavy (non-hydrogen) atoms. The van der Waals surface area contributed by atoms with E-state index >= 15 is 0 Å². The van der Waals surface area contributed by atoms with Crippen molar-refractivity contribution in [2.75, 3.05) is 0 Å². The minimum absolute atomic E-state index is 0.155. The molecular weight excluding hydrogens is 204 g/mol. The fourth-order valence-corrected chi connectivity index (χ4v) is 1.32. The number of hydrogen-bond acceptors (Lipinski definition) is 3. The molecule has 0 saturated heterocycles. The zero-order valence-corrected chi connectivity index (χ0v) is 9.18. The molecule has 82 valence electrons. The molecule has 0 aliphatic rings. The Morgan fingerprint density at radius 1 is 1.19 bits per heavy atom. The van der Waals surface area contributed by atoms with Crippen molar-refractivity contribution in [2.24, 2.45) is 7.05 Å². The van der Waals surface area contributed by atoms with Gasteiger partial charge < -0.3 is 4.74 Å². The van der Waals surface area contributed by atoms with E-state index in [-0.39, 0.29) is 5.56 Å². The lowest BCUT2D eigenvalue weighted by atomic mass is 10.2. The predicted molar refractivity (Wildman–Crippen MR) is 60.7 cm³/mol. The van der Waals surface area contributed by atoms with Crippen LogP contribution in [0.5, 0.6) is 11.6 Å². The Labute approximate surface area is 93.1 Å². The molecule has 4 heteroatoms. The van der Waals surface area contributed by atoms with Crippen LogP contribution in [0.1, 0.15) is 5.56 Å². The van der Waals surface area contributed by atoms with Gasteiger partial charge in [0, 0.05) is 19.2 Å². The van der Waals surface area contributed by atoms with Crippen LogP contribution in [0, 0.1) is 6.92 Å². The standard InChI is InChI=1S/C12H12N2O2/c1-9-5-3-4-6-10(9)16-11-7-8-12(15)14(2)13-11/h3-8H,1-2H3. The second-order valence-corrected chi connectivity index (χ2v) is 3.50. The maximum Gasteiger partial charge on any atom is 0.266 e. The van der Waals surface area contributed by atoms with Gasteiger partial charge in [-0.1, -0.05) is 18.2 Å².